The second kappa shape index (κ2) is 6.83. The lowest BCUT2D eigenvalue weighted by Crippen LogP contribution is -2.44. The molecule has 1 atom stereocenters. The number of H-pyrrole nitrogens is 1. The molecule has 0 spiro atoms. The number of amides is 3. The number of ether oxygens (including phenoxy) is 1. The number of aromatic amines is 1. The minimum absolute atomic E-state index is 0.151. The van der Waals surface area contributed by atoms with Crippen molar-refractivity contribution in [3.8, 4) is 5.75 Å². The van der Waals surface area contributed by atoms with Crippen molar-refractivity contribution >= 4 is 34.7 Å². The van der Waals surface area contributed by atoms with Crippen LogP contribution in [0, 0.1) is 0 Å². The number of carboxylic acid groups (broad SMARTS) is 1. The van der Waals surface area contributed by atoms with Gasteiger partial charge in [0.25, 0.3) is 0 Å². The van der Waals surface area contributed by atoms with Crippen molar-refractivity contribution in [3.63, 3.8) is 0 Å². The van der Waals surface area contributed by atoms with Crippen LogP contribution in [0.15, 0.2) is 36.5 Å². The highest BCUT2D eigenvalue weighted by molar-refractivity contribution is 5.98. The number of hydrogen-bond donors (Lipinski definition) is 5. The number of nitrogens with one attached hydrogen (secondary N) is 4. The van der Waals surface area contributed by atoms with Gasteiger partial charge in [-0.1, -0.05) is 18.2 Å². The van der Waals surface area contributed by atoms with Crippen LogP contribution in [-0.2, 0) is 6.42 Å². The Morgan fingerprint density at radius 2 is 2.11 bits per heavy atom. The van der Waals surface area contributed by atoms with Gasteiger partial charge >= 0.3 is 12.1 Å². The Balaban J connectivity index is 1.40. The fourth-order valence-electron chi connectivity index (χ4n) is 2.94. The predicted octanol–water partition coefficient (Wildman–Crippen LogP) is 2.17. The first kappa shape index (κ1) is 16.6. The molecule has 10 nitrogen and oxygen atoms in total. The summed E-state index contributed by atoms with van der Waals surface area (Å²) in [6.45, 7) is 0.391. The summed E-state index contributed by atoms with van der Waals surface area (Å²) in [5.41, 5.74) is 1.59. The van der Waals surface area contributed by atoms with Gasteiger partial charge in [0.05, 0.1) is 16.9 Å². The number of rotatable bonds is 3. The molecule has 3 heterocycles. The number of fused-ring (bicyclic) bond motifs is 2. The van der Waals surface area contributed by atoms with Gasteiger partial charge < -0.3 is 15.2 Å². The van der Waals surface area contributed by atoms with Crippen molar-refractivity contribution < 1.29 is 19.4 Å². The van der Waals surface area contributed by atoms with Crippen LogP contribution >= 0.6 is 0 Å². The molecular weight excluding hydrogens is 352 g/mol. The standard InChI is InChI=1S/C17H16N6O4/c24-16(19-10-5-9-3-1-2-4-13(9)27-8-10)20-14-6-12-11(7-18-14)15(23-22-12)21-17(25)26/h1-4,6-7,10H,5,8H2,(H,25,26)(H2,21,22,23)(H2,18,19,20,24). The molecule has 2 aromatic heterocycles. The number of aromatic nitrogens is 3. The highest BCUT2D eigenvalue weighted by Gasteiger charge is 2.21. The molecule has 3 amide bonds. The van der Waals surface area contributed by atoms with Crippen LogP contribution in [0.4, 0.5) is 21.2 Å². The van der Waals surface area contributed by atoms with Crippen LogP contribution in [0.3, 0.4) is 0 Å². The van der Waals surface area contributed by atoms with Crippen molar-refractivity contribution in [2.24, 2.45) is 0 Å². The average molecular weight is 368 g/mol. The normalized spacial score (nSPS) is 15.5. The Bertz CT molecular complexity index is 1020. The molecule has 5 N–H and O–H groups in total. The zero-order chi connectivity index (χ0) is 18.8. The third-order valence-electron chi connectivity index (χ3n) is 4.13. The van der Waals surface area contributed by atoms with E-state index in [1.807, 2.05) is 24.3 Å². The number of pyridine rings is 1. The fourth-order valence-corrected chi connectivity index (χ4v) is 2.94. The molecule has 0 saturated heterocycles. The lowest BCUT2D eigenvalue weighted by molar-refractivity contribution is 0.209. The Morgan fingerprint density at radius 3 is 2.96 bits per heavy atom. The molecular formula is C17H16N6O4. The molecule has 10 heteroatoms. The van der Waals surface area contributed by atoms with Crippen molar-refractivity contribution in [2.75, 3.05) is 17.2 Å². The highest BCUT2D eigenvalue weighted by Crippen LogP contribution is 2.24. The van der Waals surface area contributed by atoms with Crippen molar-refractivity contribution in [2.45, 2.75) is 12.5 Å². The van der Waals surface area contributed by atoms with Gasteiger partial charge in [-0.05, 0) is 18.1 Å². The Kier molecular flexibility index (Phi) is 4.21. The van der Waals surface area contributed by atoms with Crippen LogP contribution in [0.1, 0.15) is 5.56 Å². The lowest BCUT2D eigenvalue weighted by atomic mass is 10.0. The average Bonchev–Trinajstić information content (AvgIpc) is 3.03. The molecule has 0 bridgehead atoms. The maximum absolute atomic E-state index is 12.2. The van der Waals surface area contributed by atoms with E-state index < -0.39 is 12.1 Å². The van der Waals surface area contributed by atoms with Gasteiger partial charge in [-0.3, -0.25) is 15.7 Å². The zero-order valence-corrected chi connectivity index (χ0v) is 14.0. The first-order valence-electron chi connectivity index (χ1n) is 8.21. The van der Waals surface area contributed by atoms with Gasteiger partial charge in [-0.2, -0.15) is 5.10 Å². The second-order valence-electron chi connectivity index (χ2n) is 6.04. The molecule has 1 aliphatic rings. The van der Waals surface area contributed by atoms with Gasteiger partial charge in [0.15, 0.2) is 5.82 Å². The summed E-state index contributed by atoms with van der Waals surface area (Å²) in [6.07, 6.45) is 0.891. The zero-order valence-electron chi connectivity index (χ0n) is 14.0. The van der Waals surface area contributed by atoms with E-state index in [1.54, 1.807) is 6.07 Å². The predicted molar refractivity (Wildman–Crippen MR) is 97.1 cm³/mol. The minimum atomic E-state index is -1.22. The molecule has 0 radical (unpaired) electrons. The molecule has 0 saturated carbocycles. The van der Waals surface area contributed by atoms with Gasteiger partial charge in [0, 0.05) is 12.3 Å². The smallest absolute Gasteiger partial charge is 0.410 e. The molecule has 1 aromatic carbocycles. The van der Waals surface area contributed by atoms with Crippen molar-refractivity contribution in [1.82, 2.24) is 20.5 Å². The lowest BCUT2D eigenvalue weighted by Gasteiger charge is -2.26. The summed E-state index contributed by atoms with van der Waals surface area (Å²) in [6, 6.07) is 8.73. The molecule has 1 aliphatic heterocycles. The second-order valence-corrected chi connectivity index (χ2v) is 6.04. The van der Waals surface area contributed by atoms with E-state index >= 15 is 0 Å². The van der Waals surface area contributed by atoms with E-state index in [2.05, 4.69) is 31.1 Å². The summed E-state index contributed by atoms with van der Waals surface area (Å²) in [7, 11) is 0. The number of benzene rings is 1. The fraction of sp³-hybridized carbons (Fsp3) is 0.176. The number of nitrogens with zero attached hydrogens (tertiary/aromatic N) is 2. The van der Waals surface area contributed by atoms with Crippen LogP contribution in [0.25, 0.3) is 10.9 Å². The maximum Gasteiger partial charge on any atom is 0.410 e. The minimum Gasteiger partial charge on any atom is -0.491 e. The number of para-hydroxylation sites is 1. The van der Waals surface area contributed by atoms with Gasteiger partial charge in [0.2, 0.25) is 0 Å². The number of carbonyl (C=O) groups excluding carboxylic acids is 1. The van der Waals surface area contributed by atoms with Crippen LogP contribution in [-0.4, -0.2) is 45.1 Å². The van der Waals surface area contributed by atoms with Crippen molar-refractivity contribution in [1.29, 1.82) is 0 Å². The maximum atomic E-state index is 12.2. The first-order chi connectivity index (χ1) is 13.1. The van der Waals surface area contributed by atoms with Gasteiger partial charge in [0.1, 0.15) is 18.2 Å². The van der Waals surface area contributed by atoms with Crippen molar-refractivity contribution in [3.05, 3.63) is 42.1 Å². The van der Waals surface area contributed by atoms with Gasteiger partial charge in [-0.15, -0.1) is 0 Å². The largest absolute Gasteiger partial charge is 0.491 e. The number of hydrogen-bond acceptors (Lipinski definition) is 5. The van der Waals surface area contributed by atoms with Crippen LogP contribution < -0.4 is 20.7 Å². The summed E-state index contributed by atoms with van der Waals surface area (Å²) in [5, 5.41) is 23.5. The van der Waals surface area contributed by atoms with Gasteiger partial charge in [-0.25, -0.2) is 14.6 Å². The molecule has 0 aliphatic carbocycles. The van der Waals surface area contributed by atoms with Crippen LogP contribution in [0.2, 0.25) is 0 Å². The molecule has 27 heavy (non-hydrogen) atoms. The Hall–Kier alpha value is -3.82. The molecule has 138 valence electrons. The van der Waals surface area contributed by atoms with E-state index in [0.29, 0.717) is 29.7 Å². The quantitative estimate of drug-likeness (QED) is 0.480. The Morgan fingerprint density at radius 1 is 1.26 bits per heavy atom. The number of urea groups is 1. The molecule has 0 fully saturated rings. The first-order valence-corrected chi connectivity index (χ1v) is 8.21. The van der Waals surface area contributed by atoms with E-state index in [1.165, 1.54) is 6.20 Å². The Labute approximate surface area is 152 Å². The summed E-state index contributed by atoms with van der Waals surface area (Å²) in [5.74, 6) is 1.30. The molecule has 4 rings (SSSR count). The van der Waals surface area contributed by atoms with Crippen LogP contribution in [0.5, 0.6) is 5.75 Å². The van der Waals surface area contributed by atoms with E-state index in [-0.39, 0.29) is 11.9 Å². The summed E-state index contributed by atoms with van der Waals surface area (Å²) >= 11 is 0. The number of anilines is 2. The molecule has 3 aromatic rings. The topological polar surface area (TPSA) is 141 Å². The van der Waals surface area contributed by atoms with E-state index in [4.69, 9.17) is 9.84 Å². The molecule has 1 unspecified atom stereocenters. The third kappa shape index (κ3) is 3.59. The summed E-state index contributed by atoms with van der Waals surface area (Å²) in [4.78, 5) is 27.1. The number of carbonyl (C=O) groups is 2. The summed E-state index contributed by atoms with van der Waals surface area (Å²) < 4.78 is 5.65. The highest BCUT2D eigenvalue weighted by atomic mass is 16.5. The van der Waals surface area contributed by atoms with E-state index in [9.17, 15) is 9.59 Å². The third-order valence-corrected chi connectivity index (χ3v) is 4.13. The monoisotopic (exact) mass is 368 g/mol. The van der Waals surface area contributed by atoms with E-state index in [0.717, 1.165) is 11.3 Å². The SMILES string of the molecule is O=C(O)Nc1n[nH]c2cc(NC(=O)NC3COc4ccccc4C3)ncc12.